The standard InChI is InChI=1S/C20H21NO4S/c1-12-7-8-26-17(12)10-21(4)18(22)11-24-16-6-5-15-13(2)9-19(23)25-20(15)14(16)3/h5-9H,10-11H2,1-4H3. The third-order valence-corrected chi connectivity index (χ3v) is 5.45. The Kier molecular flexibility index (Phi) is 5.13. The summed E-state index contributed by atoms with van der Waals surface area (Å²) in [4.78, 5) is 26.8. The minimum Gasteiger partial charge on any atom is -0.483 e. The molecule has 0 saturated heterocycles. The van der Waals surface area contributed by atoms with Crippen molar-refractivity contribution < 1.29 is 13.9 Å². The van der Waals surface area contributed by atoms with Crippen LogP contribution in [0.15, 0.2) is 38.9 Å². The Balaban J connectivity index is 1.73. The number of carbonyl (C=O) groups is 1. The zero-order chi connectivity index (χ0) is 18.8. The predicted molar refractivity (Wildman–Crippen MR) is 103 cm³/mol. The number of fused-ring (bicyclic) bond motifs is 1. The number of carbonyl (C=O) groups excluding carboxylic acids is 1. The van der Waals surface area contributed by atoms with E-state index in [0.29, 0.717) is 23.4 Å². The Bertz CT molecular complexity index is 1020. The third kappa shape index (κ3) is 3.65. The number of amides is 1. The van der Waals surface area contributed by atoms with Crippen molar-refractivity contribution in [2.75, 3.05) is 13.7 Å². The summed E-state index contributed by atoms with van der Waals surface area (Å²) in [6.45, 7) is 6.22. The van der Waals surface area contributed by atoms with E-state index in [9.17, 15) is 9.59 Å². The van der Waals surface area contributed by atoms with Gasteiger partial charge in [0.1, 0.15) is 11.3 Å². The van der Waals surface area contributed by atoms with Gasteiger partial charge < -0.3 is 14.1 Å². The van der Waals surface area contributed by atoms with Gasteiger partial charge in [-0.1, -0.05) is 0 Å². The van der Waals surface area contributed by atoms with Crippen LogP contribution in [0, 0.1) is 20.8 Å². The SMILES string of the molecule is Cc1ccsc1CN(C)C(=O)COc1ccc2c(C)cc(=O)oc2c1C. The minimum atomic E-state index is -0.391. The van der Waals surface area contributed by atoms with Crippen molar-refractivity contribution in [2.24, 2.45) is 0 Å². The van der Waals surface area contributed by atoms with E-state index in [1.165, 1.54) is 16.5 Å². The number of nitrogens with zero attached hydrogens (tertiary/aromatic N) is 1. The molecule has 0 bridgehead atoms. The number of rotatable bonds is 5. The summed E-state index contributed by atoms with van der Waals surface area (Å²) < 4.78 is 11.0. The summed E-state index contributed by atoms with van der Waals surface area (Å²) in [5.41, 5.74) is 2.87. The van der Waals surface area contributed by atoms with E-state index in [1.807, 2.05) is 38.3 Å². The van der Waals surface area contributed by atoms with Crippen LogP contribution in [0.4, 0.5) is 0 Å². The normalized spacial score (nSPS) is 10.9. The fraction of sp³-hybridized carbons (Fsp3) is 0.300. The molecular formula is C20H21NO4S. The lowest BCUT2D eigenvalue weighted by molar-refractivity contribution is -0.132. The van der Waals surface area contributed by atoms with Gasteiger partial charge in [-0.05, 0) is 55.5 Å². The first kappa shape index (κ1) is 18.2. The predicted octanol–water partition coefficient (Wildman–Crippen LogP) is 3.82. The van der Waals surface area contributed by atoms with Crippen LogP contribution < -0.4 is 10.4 Å². The van der Waals surface area contributed by atoms with Gasteiger partial charge in [0.2, 0.25) is 0 Å². The van der Waals surface area contributed by atoms with Crippen LogP contribution in [-0.2, 0) is 11.3 Å². The summed E-state index contributed by atoms with van der Waals surface area (Å²) in [6, 6.07) is 7.16. The Morgan fingerprint density at radius 3 is 2.65 bits per heavy atom. The summed E-state index contributed by atoms with van der Waals surface area (Å²) in [5, 5.41) is 2.89. The molecule has 0 fully saturated rings. The van der Waals surface area contributed by atoms with E-state index in [0.717, 1.165) is 10.9 Å². The molecule has 1 amide bonds. The number of hydrogen-bond acceptors (Lipinski definition) is 5. The van der Waals surface area contributed by atoms with Gasteiger partial charge in [0.25, 0.3) is 5.91 Å². The molecule has 2 heterocycles. The Morgan fingerprint density at radius 1 is 1.19 bits per heavy atom. The van der Waals surface area contributed by atoms with Crippen LogP contribution in [0.5, 0.6) is 5.75 Å². The van der Waals surface area contributed by atoms with Crippen LogP contribution in [0.2, 0.25) is 0 Å². The second kappa shape index (κ2) is 7.33. The molecule has 0 atom stereocenters. The van der Waals surface area contributed by atoms with Gasteiger partial charge in [0.15, 0.2) is 6.61 Å². The molecule has 2 aromatic heterocycles. The molecule has 0 radical (unpaired) electrons. The number of ether oxygens (including phenoxy) is 1. The average Bonchev–Trinajstić information content (AvgIpc) is 2.99. The zero-order valence-corrected chi connectivity index (χ0v) is 16.1. The van der Waals surface area contributed by atoms with Crippen molar-refractivity contribution in [3.05, 3.63) is 61.6 Å². The molecule has 1 aromatic carbocycles. The van der Waals surface area contributed by atoms with Crippen molar-refractivity contribution in [3.63, 3.8) is 0 Å². The fourth-order valence-corrected chi connectivity index (χ4v) is 3.73. The lowest BCUT2D eigenvalue weighted by Crippen LogP contribution is -2.31. The molecule has 5 nitrogen and oxygen atoms in total. The maximum absolute atomic E-state index is 12.4. The largest absolute Gasteiger partial charge is 0.483 e. The van der Waals surface area contributed by atoms with Gasteiger partial charge in [-0.15, -0.1) is 11.3 Å². The highest BCUT2D eigenvalue weighted by Crippen LogP contribution is 2.28. The minimum absolute atomic E-state index is 0.0662. The third-order valence-electron chi connectivity index (χ3n) is 4.44. The van der Waals surface area contributed by atoms with Crippen molar-refractivity contribution in [1.82, 2.24) is 4.90 Å². The van der Waals surface area contributed by atoms with Crippen LogP contribution >= 0.6 is 11.3 Å². The lowest BCUT2D eigenvalue weighted by Gasteiger charge is -2.18. The maximum Gasteiger partial charge on any atom is 0.336 e. The smallest absolute Gasteiger partial charge is 0.336 e. The van der Waals surface area contributed by atoms with Crippen molar-refractivity contribution in [3.8, 4) is 5.75 Å². The van der Waals surface area contributed by atoms with E-state index >= 15 is 0 Å². The van der Waals surface area contributed by atoms with Gasteiger partial charge in [-0.25, -0.2) is 4.79 Å². The van der Waals surface area contributed by atoms with Crippen molar-refractivity contribution in [2.45, 2.75) is 27.3 Å². The molecule has 3 rings (SSSR count). The molecule has 6 heteroatoms. The van der Waals surface area contributed by atoms with Crippen molar-refractivity contribution >= 4 is 28.2 Å². The molecule has 0 aliphatic rings. The van der Waals surface area contributed by atoms with E-state index < -0.39 is 5.63 Å². The van der Waals surface area contributed by atoms with E-state index in [-0.39, 0.29) is 12.5 Å². The molecule has 0 N–H and O–H groups in total. The Hall–Kier alpha value is -2.60. The van der Waals surface area contributed by atoms with Gasteiger partial charge in [-0.3, -0.25) is 4.79 Å². The Labute approximate surface area is 155 Å². The number of aryl methyl sites for hydroxylation is 3. The van der Waals surface area contributed by atoms with E-state index in [4.69, 9.17) is 9.15 Å². The summed E-state index contributed by atoms with van der Waals surface area (Å²) in [6.07, 6.45) is 0. The average molecular weight is 371 g/mol. The first-order chi connectivity index (χ1) is 12.4. The number of thiophene rings is 1. The monoisotopic (exact) mass is 371 g/mol. The highest BCUT2D eigenvalue weighted by molar-refractivity contribution is 7.10. The summed E-state index contributed by atoms with van der Waals surface area (Å²) in [7, 11) is 1.76. The van der Waals surface area contributed by atoms with Gasteiger partial charge >= 0.3 is 5.63 Å². The number of likely N-dealkylation sites (N-methyl/N-ethyl adjacent to an activating group) is 1. The first-order valence-corrected chi connectivity index (χ1v) is 9.18. The van der Waals surface area contributed by atoms with Crippen LogP contribution in [0.1, 0.15) is 21.6 Å². The molecular weight excluding hydrogens is 350 g/mol. The highest BCUT2D eigenvalue weighted by atomic mass is 32.1. The van der Waals surface area contributed by atoms with E-state index in [1.54, 1.807) is 29.4 Å². The molecule has 3 aromatic rings. The van der Waals surface area contributed by atoms with Gasteiger partial charge in [-0.2, -0.15) is 0 Å². The molecule has 0 unspecified atom stereocenters. The maximum atomic E-state index is 12.4. The summed E-state index contributed by atoms with van der Waals surface area (Å²) in [5.74, 6) is 0.434. The lowest BCUT2D eigenvalue weighted by atomic mass is 10.1. The second-order valence-electron chi connectivity index (χ2n) is 6.38. The molecule has 0 aliphatic carbocycles. The molecule has 136 valence electrons. The number of benzene rings is 1. The van der Waals surface area contributed by atoms with Gasteiger partial charge in [0, 0.05) is 28.9 Å². The van der Waals surface area contributed by atoms with Crippen LogP contribution in [0.25, 0.3) is 11.0 Å². The Morgan fingerprint density at radius 2 is 1.96 bits per heavy atom. The van der Waals surface area contributed by atoms with E-state index in [2.05, 4.69) is 0 Å². The van der Waals surface area contributed by atoms with Gasteiger partial charge in [0.05, 0.1) is 6.54 Å². The van der Waals surface area contributed by atoms with Crippen molar-refractivity contribution in [1.29, 1.82) is 0 Å². The number of hydrogen-bond donors (Lipinski definition) is 0. The van der Waals surface area contributed by atoms with Crippen LogP contribution in [-0.4, -0.2) is 24.5 Å². The second-order valence-corrected chi connectivity index (χ2v) is 7.38. The highest BCUT2D eigenvalue weighted by Gasteiger charge is 2.15. The zero-order valence-electron chi connectivity index (χ0n) is 15.3. The topological polar surface area (TPSA) is 59.8 Å². The molecule has 0 aliphatic heterocycles. The molecule has 26 heavy (non-hydrogen) atoms. The quantitative estimate of drug-likeness (QED) is 0.640. The first-order valence-electron chi connectivity index (χ1n) is 8.30. The fourth-order valence-electron chi connectivity index (χ4n) is 2.78. The van der Waals surface area contributed by atoms with Crippen LogP contribution in [0.3, 0.4) is 0 Å². The molecule has 0 saturated carbocycles. The summed E-state index contributed by atoms with van der Waals surface area (Å²) >= 11 is 1.64. The molecule has 0 spiro atoms.